The molecule has 160 valence electrons. The summed E-state index contributed by atoms with van der Waals surface area (Å²) in [5, 5.41) is 3.20. The maximum atomic E-state index is 13.4. The van der Waals surface area contributed by atoms with Gasteiger partial charge in [0.15, 0.2) is 5.17 Å². The van der Waals surface area contributed by atoms with Gasteiger partial charge in [0, 0.05) is 5.69 Å². The minimum absolute atomic E-state index is 0.0658. The van der Waals surface area contributed by atoms with Crippen LogP contribution in [0.5, 0.6) is 0 Å². The predicted octanol–water partition coefficient (Wildman–Crippen LogP) is 5.25. The molecule has 3 aromatic rings. The normalized spacial score (nSPS) is 14.6. The van der Waals surface area contributed by atoms with Gasteiger partial charge in [-0.25, -0.2) is 9.38 Å². The molecule has 0 fully saturated rings. The van der Waals surface area contributed by atoms with Gasteiger partial charge >= 0.3 is 0 Å². The standard InChI is InChI=1S/C25H20FN3O2S/c1-17-7-11-20(12-8-17)27-23(30)16-32-25-28-22(15-18-5-3-2-4-6-18)24(31)29(25)21-13-9-19(26)10-14-21/h2-15H,16H2,1H3,(H,27,30)/b22-15-. The zero-order valence-electron chi connectivity index (χ0n) is 17.3. The summed E-state index contributed by atoms with van der Waals surface area (Å²) in [6, 6.07) is 22.5. The van der Waals surface area contributed by atoms with Gasteiger partial charge < -0.3 is 5.32 Å². The number of rotatable bonds is 5. The molecule has 1 aliphatic rings. The van der Waals surface area contributed by atoms with E-state index in [0.29, 0.717) is 16.5 Å². The molecule has 0 saturated heterocycles. The number of aliphatic imine (C=N–C) groups is 1. The molecule has 0 aromatic heterocycles. The van der Waals surface area contributed by atoms with Crippen molar-refractivity contribution in [3.8, 4) is 0 Å². The van der Waals surface area contributed by atoms with Crippen molar-refractivity contribution in [3.05, 3.63) is 102 Å². The Morgan fingerprint density at radius 3 is 2.41 bits per heavy atom. The van der Waals surface area contributed by atoms with Crippen LogP contribution in [0.4, 0.5) is 15.8 Å². The first-order valence-electron chi connectivity index (χ1n) is 9.94. The van der Waals surface area contributed by atoms with Gasteiger partial charge in [0.2, 0.25) is 5.91 Å². The molecule has 1 N–H and O–H groups in total. The Labute approximate surface area is 189 Å². The van der Waals surface area contributed by atoms with Crippen LogP contribution in [-0.4, -0.2) is 22.7 Å². The van der Waals surface area contributed by atoms with Crippen LogP contribution >= 0.6 is 11.8 Å². The highest BCUT2D eigenvalue weighted by molar-refractivity contribution is 8.14. The molecule has 0 atom stereocenters. The van der Waals surface area contributed by atoms with Crippen molar-refractivity contribution in [3.63, 3.8) is 0 Å². The van der Waals surface area contributed by atoms with E-state index in [1.807, 2.05) is 61.5 Å². The third-order valence-electron chi connectivity index (χ3n) is 4.69. The van der Waals surface area contributed by atoms with Crippen molar-refractivity contribution in [2.24, 2.45) is 4.99 Å². The van der Waals surface area contributed by atoms with Gasteiger partial charge in [-0.3, -0.25) is 14.5 Å². The largest absolute Gasteiger partial charge is 0.325 e. The zero-order chi connectivity index (χ0) is 22.5. The van der Waals surface area contributed by atoms with Crippen molar-refractivity contribution in [2.75, 3.05) is 16.0 Å². The Kier molecular flexibility index (Phi) is 6.47. The molecule has 5 nitrogen and oxygen atoms in total. The molecule has 0 spiro atoms. The SMILES string of the molecule is Cc1ccc(NC(=O)CSC2=N/C(=C\c3ccccc3)C(=O)N2c2ccc(F)cc2)cc1. The van der Waals surface area contributed by atoms with E-state index >= 15 is 0 Å². The summed E-state index contributed by atoms with van der Waals surface area (Å²) < 4.78 is 13.4. The van der Waals surface area contributed by atoms with Crippen LogP contribution in [0, 0.1) is 12.7 Å². The lowest BCUT2D eigenvalue weighted by molar-refractivity contribution is -0.114. The van der Waals surface area contributed by atoms with Crippen molar-refractivity contribution < 1.29 is 14.0 Å². The molecular weight excluding hydrogens is 425 g/mol. The zero-order valence-corrected chi connectivity index (χ0v) is 18.1. The molecule has 0 saturated carbocycles. The van der Waals surface area contributed by atoms with Crippen LogP contribution in [0.2, 0.25) is 0 Å². The number of carbonyl (C=O) groups excluding carboxylic acids is 2. The van der Waals surface area contributed by atoms with Crippen LogP contribution in [0.1, 0.15) is 11.1 Å². The first kappa shape index (κ1) is 21.5. The second kappa shape index (κ2) is 9.62. The van der Waals surface area contributed by atoms with E-state index in [2.05, 4.69) is 10.3 Å². The summed E-state index contributed by atoms with van der Waals surface area (Å²) in [5.74, 6) is -0.879. The Morgan fingerprint density at radius 2 is 1.72 bits per heavy atom. The molecule has 3 aromatic carbocycles. The number of amidine groups is 1. The minimum atomic E-state index is -0.399. The maximum absolute atomic E-state index is 13.4. The highest BCUT2D eigenvalue weighted by atomic mass is 32.2. The topological polar surface area (TPSA) is 61.8 Å². The summed E-state index contributed by atoms with van der Waals surface area (Å²) >= 11 is 1.15. The fraction of sp³-hybridized carbons (Fsp3) is 0.0800. The van der Waals surface area contributed by atoms with Crippen LogP contribution in [0.25, 0.3) is 6.08 Å². The van der Waals surface area contributed by atoms with E-state index in [1.54, 1.807) is 6.08 Å². The average molecular weight is 446 g/mol. The molecule has 0 unspecified atom stereocenters. The molecule has 0 radical (unpaired) electrons. The molecule has 1 aliphatic heterocycles. The number of thioether (sulfide) groups is 1. The fourth-order valence-electron chi connectivity index (χ4n) is 3.08. The minimum Gasteiger partial charge on any atom is -0.325 e. The van der Waals surface area contributed by atoms with Gasteiger partial charge in [-0.05, 0) is 55.0 Å². The Hall–Kier alpha value is -3.71. The molecular formula is C25H20FN3O2S. The summed E-state index contributed by atoms with van der Waals surface area (Å²) in [4.78, 5) is 31.4. The molecule has 1 heterocycles. The van der Waals surface area contributed by atoms with E-state index < -0.39 is 5.82 Å². The molecule has 2 amide bonds. The van der Waals surface area contributed by atoms with Gasteiger partial charge in [-0.2, -0.15) is 0 Å². The van der Waals surface area contributed by atoms with E-state index in [9.17, 15) is 14.0 Å². The molecule has 0 aliphatic carbocycles. The second-order valence-corrected chi connectivity index (χ2v) is 8.10. The van der Waals surface area contributed by atoms with Gasteiger partial charge in [0.1, 0.15) is 11.5 Å². The molecule has 7 heteroatoms. The van der Waals surface area contributed by atoms with E-state index in [1.165, 1.54) is 29.2 Å². The maximum Gasteiger partial charge on any atom is 0.283 e. The Bertz CT molecular complexity index is 1190. The number of hydrogen-bond donors (Lipinski definition) is 1. The number of benzene rings is 3. The average Bonchev–Trinajstić information content (AvgIpc) is 3.10. The van der Waals surface area contributed by atoms with Crippen LogP contribution in [0.15, 0.2) is 89.6 Å². The third-order valence-corrected chi connectivity index (χ3v) is 5.62. The van der Waals surface area contributed by atoms with E-state index in [-0.39, 0.29) is 23.3 Å². The Balaban J connectivity index is 1.55. The lowest BCUT2D eigenvalue weighted by Gasteiger charge is -2.17. The van der Waals surface area contributed by atoms with Gasteiger partial charge in [-0.1, -0.05) is 59.8 Å². The summed E-state index contributed by atoms with van der Waals surface area (Å²) in [5.41, 5.74) is 3.37. The monoisotopic (exact) mass is 445 g/mol. The van der Waals surface area contributed by atoms with Crippen molar-refractivity contribution in [1.29, 1.82) is 0 Å². The number of carbonyl (C=O) groups is 2. The van der Waals surface area contributed by atoms with Gasteiger partial charge in [0.25, 0.3) is 5.91 Å². The van der Waals surface area contributed by atoms with Crippen molar-refractivity contribution in [2.45, 2.75) is 6.92 Å². The van der Waals surface area contributed by atoms with Crippen LogP contribution in [0.3, 0.4) is 0 Å². The lowest BCUT2D eigenvalue weighted by atomic mass is 10.2. The number of anilines is 2. The Morgan fingerprint density at radius 1 is 1.03 bits per heavy atom. The first-order chi connectivity index (χ1) is 15.5. The first-order valence-corrected chi connectivity index (χ1v) is 10.9. The third kappa shape index (κ3) is 5.12. The van der Waals surface area contributed by atoms with Crippen LogP contribution < -0.4 is 10.2 Å². The number of hydrogen-bond acceptors (Lipinski definition) is 4. The fourth-order valence-corrected chi connectivity index (χ4v) is 3.89. The lowest BCUT2D eigenvalue weighted by Crippen LogP contribution is -2.31. The summed E-state index contributed by atoms with van der Waals surface area (Å²) in [7, 11) is 0. The van der Waals surface area contributed by atoms with Crippen molar-refractivity contribution in [1.82, 2.24) is 0 Å². The number of halogens is 1. The number of nitrogens with zero attached hydrogens (tertiary/aromatic N) is 2. The quantitative estimate of drug-likeness (QED) is 0.546. The van der Waals surface area contributed by atoms with Crippen molar-refractivity contribution >= 4 is 46.2 Å². The smallest absolute Gasteiger partial charge is 0.283 e. The number of aryl methyl sites for hydroxylation is 1. The van der Waals surface area contributed by atoms with Gasteiger partial charge in [-0.15, -0.1) is 0 Å². The molecule has 0 bridgehead atoms. The molecule has 32 heavy (non-hydrogen) atoms. The predicted molar refractivity (Wildman–Crippen MR) is 128 cm³/mol. The second-order valence-electron chi connectivity index (χ2n) is 7.15. The van der Waals surface area contributed by atoms with Crippen LogP contribution in [-0.2, 0) is 9.59 Å². The number of amides is 2. The summed E-state index contributed by atoms with van der Waals surface area (Å²) in [6.45, 7) is 1.97. The highest BCUT2D eigenvalue weighted by Crippen LogP contribution is 2.29. The van der Waals surface area contributed by atoms with E-state index in [0.717, 1.165) is 22.9 Å². The highest BCUT2D eigenvalue weighted by Gasteiger charge is 2.32. The summed E-state index contributed by atoms with van der Waals surface area (Å²) in [6.07, 6.45) is 1.69. The van der Waals surface area contributed by atoms with E-state index in [4.69, 9.17) is 0 Å². The molecule has 4 rings (SSSR count). The number of nitrogens with one attached hydrogen (secondary N) is 1. The van der Waals surface area contributed by atoms with Gasteiger partial charge in [0.05, 0.1) is 11.4 Å².